The number of fused-ring (bicyclic) bond motifs is 1. The number of hydrogen-bond donors (Lipinski definition) is 1. The lowest BCUT2D eigenvalue weighted by Crippen LogP contribution is -2.31. The molecular formula is C21H20N2O3S. The van der Waals surface area contributed by atoms with Crippen molar-refractivity contribution in [1.29, 1.82) is 0 Å². The van der Waals surface area contributed by atoms with E-state index in [-0.39, 0.29) is 23.3 Å². The maximum absolute atomic E-state index is 12.0. The molecule has 27 heavy (non-hydrogen) atoms. The van der Waals surface area contributed by atoms with Crippen molar-refractivity contribution in [2.75, 3.05) is 16.5 Å². The molecule has 1 fully saturated rings. The van der Waals surface area contributed by atoms with Gasteiger partial charge in [-0.3, -0.25) is 5.01 Å². The summed E-state index contributed by atoms with van der Waals surface area (Å²) in [6.07, 6.45) is 2.16. The predicted molar refractivity (Wildman–Crippen MR) is 109 cm³/mol. The van der Waals surface area contributed by atoms with Crippen LogP contribution in [0, 0.1) is 0 Å². The fourth-order valence-electron chi connectivity index (χ4n) is 3.46. The van der Waals surface area contributed by atoms with E-state index in [1.165, 1.54) is 0 Å². The summed E-state index contributed by atoms with van der Waals surface area (Å²) in [4.78, 5) is 0. The summed E-state index contributed by atoms with van der Waals surface area (Å²) in [6.45, 7) is 0. The molecule has 1 unspecified atom stereocenters. The Morgan fingerprint density at radius 1 is 1.00 bits per heavy atom. The zero-order valence-corrected chi connectivity index (χ0v) is 15.5. The summed E-state index contributed by atoms with van der Waals surface area (Å²) >= 11 is 0. The van der Waals surface area contributed by atoms with Gasteiger partial charge in [0, 0.05) is 5.56 Å². The molecule has 1 N–H and O–H groups in total. The Balaban J connectivity index is 1.75. The third-order valence-electron chi connectivity index (χ3n) is 4.83. The number of nitrogens with zero attached hydrogens (tertiary/aromatic N) is 2. The minimum absolute atomic E-state index is 0.0841. The van der Waals surface area contributed by atoms with Crippen molar-refractivity contribution in [3.8, 4) is 5.75 Å². The highest BCUT2D eigenvalue weighted by Crippen LogP contribution is 2.28. The van der Waals surface area contributed by atoms with Crippen LogP contribution < -0.4 is 5.01 Å². The Morgan fingerprint density at radius 3 is 2.48 bits per heavy atom. The van der Waals surface area contributed by atoms with Gasteiger partial charge in [0.1, 0.15) is 5.75 Å². The van der Waals surface area contributed by atoms with E-state index in [2.05, 4.69) is 5.10 Å². The number of hydrazone groups is 1. The van der Waals surface area contributed by atoms with Crippen molar-refractivity contribution in [1.82, 2.24) is 0 Å². The largest absolute Gasteiger partial charge is 0.507 e. The molecule has 4 rings (SSSR count). The normalized spacial score (nSPS) is 18.9. The number of sulfone groups is 1. The SMILES string of the molecule is O=S1(=O)CCC(N(N=Cc2c(O)ccc3ccccc23)c2ccccc2)C1. The van der Waals surface area contributed by atoms with Crippen molar-refractivity contribution in [2.24, 2.45) is 5.10 Å². The highest BCUT2D eigenvalue weighted by molar-refractivity contribution is 7.91. The topological polar surface area (TPSA) is 70.0 Å². The van der Waals surface area contributed by atoms with Gasteiger partial charge in [0.25, 0.3) is 0 Å². The first-order valence-corrected chi connectivity index (χ1v) is 10.6. The summed E-state index contributed by atoms with van der Waals surface area (Å²) in [5, 5.41) is 18.6. The molecule has 0 aromatic heterocycles. The van der Waals surface area contributed by atoms with Crippen LogP contribution >= 0.6 is 0 Å². The van der Waals surface area contributed by atoms with Gasteiger partial charge in [-0.1, -0.05) is 48.5 Å². The molecule has 1 atom stereocenters. The summed E-state index contributed by atoms with van der Waals surface area (Å²) in [6, 6.07) is 20.6. The van der Waals surface area contributed by atoms with Crippen LogP contribution in [-0.4, -0.2) is 37.3 Å². The van der Waals surface area contributed by atoms with Crippen molar-refractivity contribution < 1.29 is 13.5 Å². The van der Waals surface area contributed by atoms with E-state index in [9.17, 15) is 13.5 Å². The van der Waals surface area contributed by atoms with Crippen LogP contribution in [0.15, 0.2) is 71.8 Å². The van der Waals surface area contributed by atoms with Crippen molar-refractivity contribution in [3.63, 3.8) is 0 Å². The van der Waals surface area contributed by atoms with Gasteiger partial charge in [0.15, 0.2) is 9.84 Å². The van der Waals surface area contributed by atoms with Crippen LogP contribution in [-0.2, 0) is 9.84 Å². The van der Waals surface area contributed by atoms with Crippen molar-refractivity contribution in [3.05, 3.63) is 72.3 Å². The average Bonchev–Trinajstić information content (AvgIpc) is 3.04. The molecule has 0 radical (unpaired) electrons. The van der Waals surface area contributed by atoms with Gasteiger partial charge >= 0.3 is 0 Å². The number of phenols is 1. The van der Waals surface area contributed by atoms with Crippen LogP contribution in [0.1, 0.15) is 12.0 Å². The molecule has 6 heteroatoms. The molecule has 3 aromatic carbocycles. The lowest BCUT2D eigenvalue weighted by Gasteiger charge is -2.25. The zero-order valence-electron chi connectivity index (χ0n) is 14.7. The number of hydrogen-bond acceptors (Lipinski definition) is 5. The van der Waals surface area contributed by atoms with Gasteiger partial charge in [0.2, 0.25) is 0 Å². The van der Waals surface area contributed by atoms with Crippen LogP contribution in [0.4, 0.5) is 5.69 Å². The van der Waals surface area contributed by atoms with E-state index in [1.54, 1.807) is 17.3 Å². The van der Waals surface area contributed by atoms with E-state index < -0.39 is 9.84 Å². The van der Waals surface area contributed by atoms with Crippen LogP contribution in [0.25, 0.3) is 10.8 Å². The average molecular weight is 380 g/mol. The highest BCUT2D eigenvalue weighted by Gasteiger charge is 2.32. The third kappa shape index (κ3) is 3.66. The van der Waals surface area contributed by atoms with Gasteiger partial charge in [0.05, 0.1) is 29.4 Å². The van der Waals surface area contributed by atoms with E-state index in [1.807, 2.05) is 60.7 Å². The van der Waals surface area contributed by atoms with Gasteiger partial charge in [-0.2, -0.15) is 5.10 Å². The molecule has 1 aliphatic rings. The van der Waals surface area contributed by atoms with Crippen LogP contribution in [0.5, 0.6) is 5.75 Å². The van der Waals surface area contributed by atoms with E-state index in [4.69, 9.17) is 0 Å². The lowest BCUT2D eigenvalue weighted by molar-refractivity contribution is 0.475. The van der Waals surface area contributed by atoms with E-state index in [0.29, 0.717) is 12.0 Å². The molecule has 5 nitrogen and oxygen atoms in total. The molecule has 0 saturated carbocycles. The van der Waals surface area contributed by atoms with Gasteiger partial charge in [-0.05, 0) is 35.4 Å². The summed E-state index contributed by atoms with van der Waals surface area (Å²) < 4.78 is 23.9. The smallest absolute Gasteiger partial charge is 0.152 e. The monoisotopic (exact) mass is 380 g/mol. The predicted octanol–water partition coefficient (Wildman–Crippen LogP) is 3.57. The van der Waals surface area contributed by atoms with Gasteiger partial charge in [-0.25, -0.2) is 8.42 Å². The molecular weight excluding hydrogens is 360 g/mol. The fourth-order valence-corrected chi connectivity index (χ4v) is 5.15. The second-order valence-electron chi connectivity index (χ2n) is 6.70. The third-order valence-corrected chi connectivity index (χ3v) is 6.58. The number of anilines is 1. The molecule has 0 amide bonds. The first-order chi connectivity index (χ1) is 13.0. The Bertz CT molecular complexity index is 1090. The molecule has 1 saturated heterocycles. The lowest BCUT2D eigenvalue weighted by atomic mass is 10.0. The minimum atomic E-state index is -3.04. The number of aromatic hydroxyl groups is 1. The Kier molecular flexibility index (Phi) is 4.58. The molecule has 138 valence electrons. The number of para-hydroxylation sites is 1. The van der Waals surface area contributed by atoms with Crippen molar-refractivity contribution >= 4 is 32.5 Å². The zero-order chi connectivity index (χ0) is 18.9. The second kappa shape index (κ2) is 7.04. The quantitative estimate of drug-likeness (QED) is 0.555. The molecule has 1 heterocycles. The summed E-state index contributed by atoms with van der Waals surface area (Å²) in [5.41, 5.74) is 1.45. The van der Waals surface area contributed by atoms with Crippen LogP contribution in [0.3, 0.4) is 0 Å². The molecule has 0 spiro atoms. The Labute approximate surface area is 158 Å². The van der Waals surface area contributed by atoms with E-state index in [0.717, 1.165) is 16.5 Å². The standard InChI is InChI=1S/C21H20N2O3S/c24-21-11-10-16-6-4-5-9-19(16)20(21)14-22-23(17-7-2-1-3-8-17)18-12-13-27(25,26)15-18/h1-11,14,18,24H,12-13,15H2. The maximum Gasteiger partial charge on any atom is 0.152 e. The van der Waals surface area contributed by atoms with Crippen LogP contribution in [0.2, 0.25) is 0 Å². The molecule has 0 bridgehead atoms. The molecule has 1 aliphatic heterocycles. The maximum atomic E-state index is 12.0. The number of phenolic OH excluding ortho intramolecular Hbond substituents is 1. The Hall–Kier alpha value is -2.86. The minimum Gasteiger partial charge on any atom is -0.507 e. The first-order valence-electron chi connectivity index (χ1n) is 8.83. The summed E-state index contributed by atoms with van der Waals surface area (Å²) in [5.74, 6) is 0.404. The summed E-state index contributed by atoms with van der Waals surface area (Å²) in [7, 11) is -3.04. The fraction of sp³-hybridized carbons (Fsp3) is 0.190. The van der Waals surface area contributed by atoms with Crippen molar-refractivity contribution in [2.45, 2.75) is 12.5 Å². The molecule has 0 aliphatic carbocycles. The Morgan fingerprint density at radius 2 is 1.74 bits per heavy atom. The number of rotatable bonds is 4. The first kappa shape index (κ1) is 17.5. The van der Waals surface area contributed by atoms with Gasteiger partial charge < -0.3 is 5.11 Å². The molecule has 3 aromatic rings. The van der Waals surface area contributed by atoms with Gasteiger partial charge in [-0.15, -0.1) is 0 Å². The van der Waals surface area contributed by atoms with E-state index >= 15 is 0 Å². The highest BCUT2D eigenvalue weighted by atomic mass is 32.2. The number of benzene rings is 3. The second-order valence-corrected chi connectivity index (χ2v) is 8.93.